The summed E-state index contributed by atoms with van der Waals surface area (Å²) in [6, 6.07) is 41.2. The average molecular weight is 580 g/mol. The normalized spacial score (nSPS) is 13.2. The third kappa shape index (κ3) is 3.58. The van der Waals surface area contributed by atoms with E-state index in [1.807, 2.05) is 108 Å². The van der Waals surface area contributed by atoms with E-state index in [1.54, 1.807) is 0 Å². The van der Waals surface area contributed by atoms with Gasteiger partial charge in [0, 0.05) is 38.0 Å². The molecule has 0 saturated heterocycles. The third-order valence-electron chi connectivity index (χ3n) is 8.90. The van der Waals surface area contributed by atoms with Crippen LogP contribution in [0.15, 0.2) is 160 Å². The van der Waals surface area contributed by atoms with Crippen LogP contribution in [-0.2, 0) is 0 Å². The molecule has 0 aliphatic heterocycles. The monoisotopic (exact) mass is 579 g/mol. The summed E-state index contributed by atoms with van der Waals surface area (Å²) >= 11 is 0. The number of nitrogens with zero attached hydrogens (tertiary/aromatic N) is 1. The van der Waals surface area contributed by atoms with Gasteiger partial charge in [-0.25, -0.2) is 0 Å². The topological polar surface area (TPSA) is 31.2 Å². The molecule has 0 aliphatic rings. The maximum absolute atomic E-state index is 9.32. The Kier molecular flexibility index (Phi) is 4.26. The summed E-state index contributed by atoms with van der Waals surface area (Å²) in [5.74, 6) is 0. The zero-order valence-corrected chi connectivity index (χ0v) is 23.9. The van der Waals surface area contributed by atoms with Crippen LogP contribution >= 0.6 is 0 Å². The van der Waals surface area contributed by atoms with Crippen LogP contribution in [-0.4, -0.2) is 4.57 Å². The quantitative estimate of drug-likeness (QED) is 0.208. The Morgan fingerprint density at radius 2 is 1.00 bits per heavy atom. The van der Waals surface area contributed by atoms with Gasteiger partial charge in [0.2, 0.25) is 0 Å². The first-order valence-corrected chi connectivity index (χ1v) is 14.9. The lowest BCUT2D eigenvalue weighted by Crippen LogP contribution is -1.94. The van der Waals surface area contributed by atoms with Crippen molar-refractivity contribution in [1.29, 1.82) is 0 Å². The molecule has 3 heterocycles. The van der Waals surface area contributed by atoms with Gasteiger partial charge in [0.1, 0.15) is 16.7 Å². The van der Waals surface area contributed by atoms with Crippen molar-refractivity contribution < 1.29 is 14.3 Å². The lowest BCUT2D eigenvalue weighted by molar-refractivity contribution is 0.669. The highest BCUT2D eigenvalue weighted by Gasteiger charge is 2.18. The van der Waals surface area contributed by atoms with E-state index in [1.165, 1.54) is 0 Å². The molecule has 3 heteroatoms. The largest absolute Gasteiger partial charge is 0.456 e. The maximum atomic E-state index is 9.32. The van der Waals surface area contributed by atoms with Crippen LogP contribution in [0.1, 0.15) is 5.48 Å². The van der Waals surface area contributed by atoms with Gasteiger partial charge in [-0.1, -0.05) is 103 Å². The molecule has 0 radical (unpaired) electrons. The molecule has 0 bridgehead atoms. The van der Waals surface area contributed by atoms with Gasteiger partial charge in [-0.15, -0.1) is 0 Å². The minimum absolute atomic E-state index is 0.0993. The van der Waals surface area contributed by atoms with E-state index in [9.17, 15) is 5.48 Å². The van der Waals surface area contributed by atoms with Gasteiger partial charge in [0.05, 0.1) is 16.5 Å². The smallest absolute Gasteiger partial charge is 0.160 e. The number of rotatable bonds is 3. The van der Waals surface area contributed by atoms with Crippen LogP contribution in [0.4, 0.5) is 0 Å². The Bertz CT molecular complexity index is 2960. The van der Waals surface area contributed by atoms with Gasteiger partial charge >= 0.3 is 0 Å². The van der Waals surface area contributed by atoms with Crippen molar-refractivity contribution in [2.45, 2.75) is 0 Å². The van der Waals surface area contributed by atoms with Crippen molar-refractivity contribution >= 4 is 65.7 Å². The number of fused-ring (bicyclic) bond motifs is 10. The molecule has 0 saturated carbocycles. The maximum Gasteiger partial charge on any atom is 0.160 e. The number of hydrogen-bond acceptors (Lipinski definition) is 2. The summed E-state index contributed by atoms with van der Waals surface area (Å²) in [4.78, 5) is 0. The van der Waals surface area contributed by atoms with Crippen molar-refractivity contribution in [2.24, 2.45) is 0 Å². The Morgan fingerprint density at radius 3 is 1.78 bits per heavy atom. The van der Waals surface area contributed by atoms with Crippen LogP contribution in [0.5, 0.6) is 0 Å². The average Bonchev–Trinajstić information content (AvgIpc) is 3.81. The van der Waals surface area contributed by atoms with Crippen molar-refractivity contribution in [3.8, 4) is 27.9 Å². The van der Waals surface area contributed by atoms with Crippen LogP contribution in [0.25, 0.3) is 93.6 Å². The first-order chi connectivity index (χ1) is 24.0. The molecule has 10 rings (SSSR count). The van der Waals surface area contributed by atoms with Crippen molar-refractivity contribution in [3.05, 3.63) is 152 Å². The fraction of sp³-hybridized carbons (Fsp3) is 0. The number of hydrogen-bond donors (Lipinski definition) is 0. The fourth-order valence-electron chi connectivity index (χ4n) is 6.76. The Balaban J connectivity index is 1.15. The minimum atomic E-state index is -0.117. The van der Waals surface area contributed by atoms with E-state index in [-0.39, 0.29) is 35.4 Å². The molecule has 0 fully saturated rings. The van der Waals surface area contributed by atoms with Crippen molar-refractivity contribution in [3.63, 3.8) is 0 Å². The van der Waals surface area contributed by atoms with E-state index < -0.39 is 0 Å². The summed E-state index contributed by atoms with van der Waals surface area (Å²) in [6.07, 6.45) is 0. The summed E-state index contributed by atoms with van der Waals surface area (Å²) in [5.41, 5.74) is 7.63. The third-order valence-corrected chi connectivity index (χ3v) is 8.90. The standard InChI is InChI=1S/C42H25NO2/c1-4-10-37-31(7-1)34-22-23-35-32-8-2-6-12-39(32)45-42(35)41(34)43(37)30-20-17-27(18-21-30)26-13-15-28(16-14-26)29-19-24-40-36(25-29)33-9-3-5-11-38(33)44-40/h1-25H/i17D,18D,20D,21D. The highest BCUT2D eigenvalue weighted by atomic mass is 16.3. The van der Waals surface area contributed by atoms with E-state index in [0.717, 1.165) is 71.2 Å². The van der Waals surface area contributed by atoms with Gasteiger partial charge in [0.25, 0.3) is 0 Å². The highest BCUT2D eigenvalue weighted by molar-refractivity contribution is 6.21. The van der Waals surface area contributed by atoms with E-state index in [0.29, 0.717) is 11.1 Å². The molecule has 0 atom stereocenters. The fourth-order valence-corrected chi connectivity index (χ4v) is 6.76. The van der Waals surface area contributed by atoms with Crippen LogP contribution in [0.2, 0.25) is 0 Å². The number of furan rings is 2. The molecule has 210 valence electrons. The molecule has 45 heavy (non-hydrogen) atoms. The second-order valence-electron chi connectivity index (χ2n) is 11.4. The van der Waals surface area contributed by atoms with E-state index >= 15 is 0 Å². The minimum Gasteiger partial charge on any atom is -0.456 e. The SMILES string of the molecule is [2H]c1c([2H])c(-n2c3ccccc3c3ccc4c5ccccc5oc4c32)c([2H])c([2H])c1-c1ccc(-c2ccc3oc4ccccc4c3c2)cc1. The Hall–Kier alpha value is -6.06. The second kappa shape index (κ2) is 9.22. The number of benzene rings is 7. The first-order valence-electron chi connectivity index (χ1n) is 16.9. The molecule has 10 aromatic rings. The molecule has 3 aromatic heterocycles. The molecule has 0 N–H and O–H groups in total. The molecule has 0 unspecified atom stereocenters. The molecule has 3 nitrogen and oxygen atoms in total. The predicted octanol–water partition coefficient (Wildman–Crippen LogP) is 11.9. The summed E-state index contributed by atoms with van der Waals surface area (Å²) in [7, 11) is 0. The number of aromatic nitrogens is 1. The molecule has 0 spiro atoms. The van der Waals surface area contributed by atoms with Crippen molar-refractivity contribution in [2.75, 3.05) is 0 Å². The Labute approximate surface area is 263 Å². The molecule has 0 aliphatic carbocycles. The lowest BCUT2D eigenvalue weighted by atomic mass is 9.99. The van der Waals surface area contributed by atoms with Gasteiger partial charge in [-0.2, -0.15) is 0 Å². The van der Waals surface area contributed by atoms with Gasteiger partial charge in [0.15, 0.2) is 5.58 Å². The predicted molar refractivity (Wildman–Crippen MR) is 186 cm³/mol. The van der Waals surface area contributed by atoms with Gasteiger partial charge in [-0.3, -0.25) is 0 Å². The summed E-state index contributed by atoms with van der Waals surface area (Å²) in [6.45, 7) is 0. The number of para-hydroxylation sites is 3. The molecule has 0 amide bonds. The van der Waals surface area contributed by atoms with Crippen LogP contribution < -0.4 is 0 Å². The second-order valence-corrected chi connectivity index (χ2v) is 11.4. The van der Waals surface area contributed by atoms with E-state index in [4.69, 9.17) is 8.83 Å². The van der Waals surface area contributed by atoms with E-state index in [2.05, 4.69) is 24.3 Å². The zero-order valence-electron chi connectivity index (χ0n) is 27.9. The van der Waals surface area contributed by atoms with Crippen molar-refractivity contribution in [1.82, 2.24) is 4.57 Å². The van der Waals surface area contributed by atoms with Crippen LogP contribution in [0.3, 0.4) is 0 Å². The Morgan fingerprint density at radius 1 is 0.422 bits per heavy atom. The van der Waals surface area contributed by atoms with Gasteiger partial charge < -0.3 is 13.4 Å². The summed E-state index contributed by atoms with van der Waals surface area (Å²) < 4.78 is 51.3. The van der Waals surface area contributed by atoms with Gasteiger partial charge in [-0.05, 0) is 70.7 Å². The lowest BCUT2D eigenvalue weighted by Gasteiger charge is -2.10. The van der Waals surface area contributed by atoms with Crippen LogP contribution in [0, 0.1) is 0 Å². The molecule has 7 aromatic carbocycles. The summed E-state index contributed by atoms with van der Waals surface area (Å²) in [5, 5.41) is 5.87. The first kappa shape index (κ1) is 20.8. The highest BCUT2D eigenvalue weighted by Crippen LogP contribution is 2.40. The molecular weight excluding hydrogens is 550 g/mol. The molecular formula is C42H25NO2. The zero-order chi connectivity index (χ0) is 33.0.